The number of nitrogens with zero attached hydrogens (tertiary/aromatic N) is 3. The minimum absolute atomic E-state index is 0.0425. The number of nitrogens with one attached hydrogen (secondary N) is 1. The van der Waals surface area contributed by atoms with E-state index in [0.717, 1.165) is 30.4 Å². The Balaban J connectivity index is 1.63. The lowest BCUT2D eigenvalue weighted by atomic mass is 10.1. The molecule has 1 aliphatic rings. The lowest BCUT2D eigenvalue weighted by molar-refractivity contribution is -0.117. The quantitative estimate of drug-likeness (QED) is 0.659. The molecule has 4 rings (SSSR count). The number of anilines is 1. The van der Waals surface area contributed by atoms with E-state index in [4.69, 9.17) is 0 Å². The van der Waals surface area contributed by atoms with Crippen LogP contribution >= 0.6 is 0 Å². The minimum atomic E-state index is -3.26. The highest BCUT2D eigenvalue weighted by Crippen LogP contribution is 2.30. The summed E-state index contributed by atoms with van der Waals surface area (Å²) in [6.07, 6.45) is 5.09. The lowest BCUT2D eigenvalue weighted by Gasteiger charge is -2.06. The molecule has 1 N–H and O–H groups in total. The third-order valence-electron chi connectivity index (χ3n) is 4.84. The molecule has 146 valence electrons. The molecule has 3 aromatic rings. The normalized spacial score (nSPS) is 14.3. The number of amides is 1. The van der Waals surface area contributed by atoms with Crippen LogP contribution in [0.1, 0.15) is 32.6 Å². The molecule has 0 bridgehead atoms. The fourth-order valence-corrected chi connectivity index (χ4v) is 4.49. The van der Waals surface area contributed by atoms with Crippen LogP contribution in [0.15, 0.2) is 47.5 Å². The highest BCUT2D eigenvalue weighted by atomic mass is 32.2. The van der Waals surface area contributed by atoms with E-state index in [-0.39, 0.29) is 23.5 Å². The largest absolute Gasteiger partial charge is 0.293 e. The van der Waals surface area contributed by atoms with E-state index in [1.54, 1.807) is 35.0 Å². The summed E-state index contributed by atoms with van der Waals surface area (Å²) in [5, 5.41) is 7.08. The van der Waals surface area contributed by atoms with Crippen molar-refractivity contribution in [1.82, 2.24) is 14.6 Å². The van der Waals surface area contributed by atoms with E-state index in [1.165, 1.54) is 0 Å². The van der Waals surface area contributed by atoms with E-state index < -0.39 is 9.84 Å². The highest BCUT2D eigenvalue weighted by molar-refractivity contribution is 7.91. The number of carbonyl (C=O) groups excluding carboxylic acids is 1. The zero-order valence-electron chi connectivity index (χ0n) is 15.6. The third kappa shape index (κ3) is 3.77. The number of aromatic nitrogens is 3. The van der Waals surface area contributed by atoms with Crippen LogP contribution in [-0.2, 0) is 14.6 Å². The standard InChI is InChI=1S/C20H22N4O3S/c1-2-3-13-28(26,27)16-10-8-14(9-11-16)17-5-4-12-24-18(17)21-20(23-24)22-19(25)15-6-7-15/h4-5,8-12,15H,2-3,6-7,13H2,1H3,(H,22,23,25). The van der Waals surface area contributed by atoms with Gasteiger partial charge in [0.1, 0.15) is 0 Å². The number of carbonyl (C=O) groups is 1. The van der Waals surface area contributed by atoms with Crippen molar-refractivity contribution in [1.29, 1.82) is 0 Å². The van der Waals surface area contributed by atoms with Gasteiger partial charge in [-0.25, -0.2) is 12.9 Å². The topological polar surface area (TPSA) is 93.4 Å². The van der Waals surface area contributed by atoms with E-state index in [1.807, 2.05) is 19.1 Å². The zero-order valence-corrected chi connectivity index (χ0v) is 16.4. The maximum Gasteiger partial charge on any atom is 0.249 e. The highest BCUT2D eigenvalue weighted by Gasteiger charge is 2.30. The molecule has 1 aromatic carbocycles. The zero-order chi connectivity index (χ0) is 19.7. The number of fused-ring (bicyclic) bond motifs is 1. The first-order valence-corrected chi connectivity index (χ1v) is 11.1. The Labute approximate surface area is 163 Å². The smallest absolute Gasteiger partial charge is 0.249 e. The number of pyridine rings is 1. The predicted octanol–water partition coefficient (Wildman–Crippen LogP) is 3.32. The Kier molecular flexibility index (Phi) is 4.89. The molecule has 1 aliphatic carbocycles. The summed E-state index contributed by atoms with van der Waals surface area (Å²) in [6, 6.07) is 10.6. The Morgan fingerprint density at radius 3 is 2.64 bits per heavy atom. The van der Waals surface area contributed by atoms with Crippen molar-refractivity contribution in [3.05, 3.63) is 42.6 Å². The maximum absolute atomic E-state index is 12.4. The Morgan fingerprint density at radius 1 is 1.21 bits per heavy atom. The third-order valence-corrected chi connectivity index (χ3v) is 6.65. The van der Waals surface area contributed by atoms with Gasteiger partial charge in [0.25, 0.3) is 0 Å². The summed E-state index contributed by atoms with van der Waals surface area (Å²) in [7, 11) is -3.26. The van der Waals surface area contributed by atoms with Crippen molar-refractivity contribution in [2.24, 2.45) is 5.92 Å². The SMILES string of the molecule is CCCCS(=O)(=O)c1ccc(-c2cccn3nc(NC(=O)C4CC4)nc23)cc1. The second-order valence-electron chi connectivity index (χ2n) is 7.09. The van der Waals surface area contributed by atoms with Gasteiger partial charge in [-0.05, 0) is 49.1 Å². The molecule has 8 heteroatoms. The Hall–Kier alpha value is -2.74. The molecule has 28 heavy (non-hydrogen) atoms. The monoisotopic (exact) mass is 398 g/mol. The first kappa shape index (κ1) is 18.6. The Bertz CT molecular complexity index is 1120. The molecule has 0 aliphatic heterocycles. The molecule has 7 nitrogen and oxygen atoms in total. The second kappa shape index (κ2) is 7.35. The molecule has 0 saturated heterocycles. The van der Waals surface area contributed by atoms with Crippen LogP contribution in [0, 0.1) is 5.92 Å². The van der Waals surface area contributed by atoms with Crippen LogP contribution in [0.2, 0.25) is 0 Å². The van der Waals surface area contributed by atoms with Crippen molar-refractivity contribution in [2.75, 3.05) is 11.1 Å². The van der Waals surface area contributed by atoms with Crippen LogP contribution in [0.4, 0.5) is 5.95 Å². The van der Waals surface area contributed by atoms with Crippen LogP contribution in [-0.4, -0.2) is 34.7 Å². The summed E-state index contributed by atoms with van der Waals surface area (Å²) >= 11 is 0. The van der Waals surface area contributed by atoms with Gasteiger partial charge in [-0.3, -0.25) is 10.1 Å². The van der Waals surface area contributed by atoms with Gasteiger partial charge in [0, 0.05) is 17.7 Å². The molecule has 0 spiro atoms. The molecule has 1 amide bonds. The molecule has 2 heterocycles. The van der Waals surface area contributed by atoms with Crippen LogP contribution in [0.25, 0.3) is 16.8 Å². The van der Waals surface area contributed by atoms with Crippen molar-refractivity contribution in [3.8, 4) is 11.1 Å². The van der Waals surface area contributed by atoms with E-state index in [0.29, 0.717) is 17.0 Å². The fraction of sp³-hybridized carbons (Fsp3) is 0.350. The van der Waals surface area contributed by atoms with Crippen LogP contribution in [0.3, 0.4) is 0 Å². The lowest BCUT2D eigenvalue weighted by Crippen LogP contribution is -2.14. The van der Waals surface area contributed by atoms with Crippen LogP contribution in [0.5, 0.6) is 0 Å². The van der Waals surface area contributed by atoms with Crippen molar-refractivity contribution < 1.29 is 13.2 Å². The van der Waals surface area contributed by atoms with Crippen LogP contribution < -0.4 is 5.32 Å². The number of rotatable bonds is 7. The van der Waals surface area contributed by atoms with Gasteiger partial charge in [-0.15, -0.1) is 5.10 Å². The summed E-state index contributed by atoms with van der Waals surface area (Å²) in [4.78, 5) is 16.7. The summed E-state index contributed by atoms with van der Waals surface area (Å²) < 4.78 is 26.3. The van der Waals surface area contributed by atoms with Crippen molar-refractivity contribution in [3.63, 3.8) is 0 Å². The first-order valence-electron chi connectivity index (χ1n) is 9.47. The molecule has 1 saturated carbocycles. The van der Waals surface area contributed by atoms with Gasteiger partial charge in [0.15, 0.2) is 15.5 Å². The number of sulfone groups is 1. The molecular weight excluding hydrogens is 376 g/mol. The van der Waals surface area contributed by atoms with E-state index in [9.17, 15) is 13.2 Å². The predicted molar refractivity (Wildman–Crippen MR) is 107 cm³/mol. The summed E-state index contributed by atoms with van der Waals surface area (Å²) in [6.45, 7) is 1.97. The maximum atomic E-state index is 12.4. The first-order chi connectivity index (χ1) is 13.5. The van der Waals surface area contributed by atoms with Gasteiger partial charge in [0.05, 0.1) is 10.6 Å². The molecule has 0 radical (unpaired) electrons. The van der Waals surface area contributed by atoms with Gasteiger partial charge < -0.3 is 0 Å². The minimum Gasteiger partial charge on any atom is -0.293 e. The Morgan fingerprint density at radius 2 is 1.96 bits per heavy atom. The van der Waals surface area contributed by atoms with E-state index in [2.05, 4.69) is 15.4 Å². The van der Waals surface area contributed by atoms with Gasteiger partial charge >= 0.3 is 0 Å². The molecule has 0 unspecified atom stereocenters. The average molecular weight is 398 g/mol. The van der Waals surface area contributed by atoms with Crippen molar-refractivity contribution in [2.45, 2.75) is 37.5 Å². The van der Waals surface area contributed by atoms with Gasteiger partial charge in [-0.1, -0.05) is 25.5 Å². The molecule has 0 atom stereocenters. The fourth-order valence-electron chi connectivity index (χ4n) is 3.04. The number of benzene rings is 1. The molecular formula is C20H22N4O3S. The molecule has 2 aromatic heterocycles. The summed E-state index contributed by atoms with van der Waals surface area (Å²) in [5.41, 5.74) is 2.27. The number of unbranched alkanes of at least 4 members (excludes halogenated alkanes) is 1. The van der Waals surface area contributed by atoms with Gasteiger partial charge in [0.2, 0.25) is 11.9 Å². The average Bonchev–Trinajstić information content (AvgIpc) is 3.46. The number of hydrogen-bond acceptors (Lipinski definition) is 5. The number of hydrogen-bond donors (Lipinski definition) is 1. The van der Waals surface area contributed by atoms with Crippen molar-refractivity contribution >= 4 is 27.3 Å². The van der Waals surface area contributed by atoms with E-state index >= 15 is 0 Å². The molecule has 1 fully saturated rings. The second-order valence-corrected chi connectivity index (χ2v) is 9.19. The summed E-state index contributed by atoms with van der Waals surface area (Å²) in [5.74, 6) is 0.475. The van der Waals surface area contributed by atoms with Gasteiger partial charge in [-0.2, -0.15) is 4.98 Å².